The first-order valence-electron chi connectivity index (χ1n) is 7.57. The second-order valence-electron chi connectivity index (χ2n) is 6.32. The van der Waals surface area contributed by atoms with Crippen molar-refractivity contribution in [3.63, 3.8) is 0 Å². The average Bonchev–Trinajstić information content (AvgIpc) is 3.02. The molecule has 0 aromatic heterocycles. The van der Waals surface area contributed by atoms with Crippen LogP contribution < -0.4 is 5.32 Å². The summed E-state index contributed by atoms with van der Waals surface area (Å²) in [6, 6.07) is -0.210. The second kappa shape index (κ2) is 8.22. The van der Waals surface area contributed by atoms with E-state index in [9.17, 15) is 9.59 Å². The van der Waals surface area contributed by atoms with Crippen molar-refractivity contribution in [1.82, 2.24) is 10.2 Å². The van der Waals surface area contributed by atoms with Gasteiger partial charge in [0.1, 0.15) is 18.2 Å². The number of esters is 1. The summed E-state index contributed by atoms with van der Waals surface area (Å²) >= 11 is 8.00. The normalized spacial score (nSPS) is 27.6. The van der Waals surface area contributed by atoms with Gasteiger partial charge in [0.25, 0.3) is 0 Å². The molecule has 2 aliphatic heterocycles. The molecule has 0 saturated carbocycles. The number of carbonyl (C=O) groups excluding carboxylic acids is 2. The summed E-state index contributed by atoms with van der Waals surface area (Å²) in [6.07, 6.45) is -0.504. The number of hydrogen-bond acceptors (Lipinski definition) is 8. The third kappa shape index (κ3) is 5.37. The maximum Gasteiger partial charge on any atom is 0.407 e. The molecule has 2 saturated heterocycles. The van der Waals surface area contributed by atoms with Crippen molar-refractivity contribution >= 4 is 48.2 Å². The number of fused-ring (bicyclic) bond motifs is 1. The van der Waals surface area contributed by atoms with Crippen molar-refractivity contribution in [2.45, 2.75) is 43.2 Å². The molecule has 0 aromatic rings. The summed E-state index contributed by atoms with van der Waals surface area (Å²) in [4.78, 5) is 26.0. The van der Waals surface area contributed by atoms with Gasteiger partial charge in [-0.05, 0) is 20.8 Å². The molecule has 1 N–H and O–H groups in total. The number of ether oxygens (including phenoxy) is 2. The van der Waals surface area contributed by atoms with Crippen LogP contribution in [0.25, 0.3) is 0 Å². The van der Waals surface area contributed by atoms with Crippen molar-refractivity contribution < 1.29 is 19.1 Å². The zero-order valence-electron chi connectivity index (χ0n) is 13.6. The van der Waals surface area contributed by atoms with Crippen molar-refractivity contribution in [2.75, 3.05) is 30.4 Å². The fourth-order valence-corrected chi connectivity index (χ4v) is 5.94. The van der Waals surface area contributed by atoms with Gasteiger partial charge in [0.05, 0.1) is 17.3 Å². The van der Waals surface area contributed by atoms with Crippen LogP contribution in [-0.2, 0) is 14.3 Å². The second-order valence-corrected chi connectivity index (χ2v) is 9.10. The van der Waals surface area contributed by atoms with E-state index in [4.69, 9.17) is 9.47 Å². The molecule has 3 atom stereocenters. The van der Waals surface area contributed by atoms with Gasteiger partial charge in [-0.15, -0.1) is 23.5 Å². The molecule has 0 aliphatic carbocycles. The summed E-state index contributed by atoms with van der Waals surface area (Å²) in [7, 11) is 0. The quantitative estimate of drug-likeness (QED) is 0.428. The van der Waals surface area contributed by atoms with Gasteiger partial charge in [-0.25, -0.2) is 4.79 Å². The molecule has 2 fully saturated rings. The van der Waals surface area contributed by atoms with E-state index in [0.717, 1.165) is 17.3 Å². The molecule has 6 nitrogen and oxygen atoms in total. The topological polar surface area (TPSA) is 67.9 Å². The van der Waals surface area contributed by atoms with E-state index in [2.05, 4.69) is 22.8 Å². The molecular weight excluding hydrogens is 356 g/mol. The molecule has 132 valence electrons. The van der Waals surface area contributed by atoms with E-state index >= 15 is 0 Å². The van der Waals surface area contributed by atoms with Crippen LogP contribution in [0.2, 0.25) is 0 Å². The van der Waals surface area contributed by atoms with E-state index in [1.807, 2.05) is 11.8 Å². The smallest absolute Gasteiger partial charge is 0.407 e. The van der Waals surface area contributed by atoms with E-state index in [1.165, 1.54) is 0 Å². The lowest BCUT2D eigenvalue weighted by molar-refractivity contribution is -0.148. The molecule has 1 amide bonds. The first kappa shape index (κ1) is 19.1. The predicted octanol–water partition coefficient (Wildman–Crippen LogP) is 1.80. The Morgan fingerprint density at radius 2 is 2.04 bits per heavy atom. The van der Waals surface area contributed by atoms with Gasteiger partial charge in [0.2, 0.25) is 0 Å². The Labute approximate surface area is 151 Å². The third-order valence-corrected chi connectivity index (χ3v) is 6.76. The fraction of sp³-hybridized carbons (Fsp3) is 0.857. The van der Waals surface area contributed by atoms with E-state index in [0.29, 0.717) is 5.37 Å². The Hall–Kier alpha value is -0.250. The van der Waals surface area contributed by atoms with Crippen LogP contribution in [0.3, 0.4) is 0 Å². The molecule has 0 unspecified atom stereocenters. The number of thiol groups is 1. The Morgan fingerprint density at radius 3 is 2.70 bits per heavy atom. The molecule has 2 rings (SSSR count). The van der Waals surface area contributed by atoms with Crippen molar-refractivity contribution in [3.8, 4) is 0 Å². The van der Waals surface area contributed by atoms with Crippen LogP contribution in [0, 0.1) is 0 Å². The molecular formula is C14H24N2O4S3. The van der Waals surface area contributed by atoms with E-state index in [-0.39, 0.29) is 30.5 Å². The molecule has 0 bridgehead atoms. The van der Waals surface area contributed by atoms with Gasteiger partial charge in [0.15, 0.2) is 0 Å². The molecule has 0 spiro atoms. The van der Waals surface area contributed by atoms with E-state index in [1.54, 1.807) is 32.5 Å². The summed E-state index contributed by atoms with van der Waals surface area (Å²) in [5.41, 5.74) is -0.536. The summed E-state index contributed by atoms with van der Waals surface area (Å²) < 4.78 is 10.4. The summed E-state index contributed by atoms with van der Waals surface area (Å²) in [5, 5.41) is 3.24. The van der Waals surface area contributed by atoms with Gasteiger partial charge in [0, 0.05) is 17.3 Å². The highest BCUT2D eigenvalue weighted by atomic mass is 32.2. The largest absolute Gasteiger partial charge is 0.463 e. The van der Waals surface area contributed by atoms with Crippen LogP contribution in [0.15, 0.2) is 0 Å². The van der Waals surface area contributed by atoms with Crippen molar-refractivity contribution in [1.29, 1.82) is 0 Å². The minimum absolute atomic E-state index is 0.149. The molecule has 9 heteroatoms. The third-order valence-electron chi connectivity index (χ3n) is 3.35. The zero-order valence-corrected chi connectivity index (χ0v) is 16.1. The number of alkyl carbamates (subject to hydrolysis) is 1. The van der Waals surface area contributed by atoms with Crippen LogP contribution in [-0.4, -0.2) is 69.8 Å². The SMILES string of the molecule is CC(C)(C)OC(=O)NCCOC(=O)[C@@H]1CS[C@H]2CS[C@H](CS)N21. The van der Waals surface area contributed by atoms with Gasteiger partial charge < -0.3 is 14.8 Å². The maximum absolute atomic E-state index is 12.3. The number of amides is 1. The number of carbonyl (C=O) groups is 2. The molecule has 0 radical (unpaired) electrons. The van der Waals surface area contributed by atoms with Crippen LogP contribution >= 0.6 is 36.2 Å². The summed E-state index contributed by atoms with van der Waals surface area (Å²) in [5.74, 6) is 2.29. The molecule has 23 heavy (non-hydrogen) atoms. The highest BCUT2D eigenvalue weighted by Gasteiger charge is 2.46. The first-order valence-corrected chi connectivity index (χ1v) is 10.3. The number of rotatable bonds is 5. The zero-order chi connectivity index (χ0) is 17.0. The molecule has 2 aliphatic rings. The number of thioether (sulfide) groups is 2. The number of nitrogens with zero attached hydrogens (tertiary/aromatic N) is 1. The first-order chi connectivity index (χ1) is 10.8. The number of hydrogen-bond donors (Lipinski definition) is 2. The van der Waals surface area contributed by atoms with Gasteiger partial charge in [-0.3, -0.25) is 9.69 Å². The maximum atomic E-state index is 12.3. The van der Waals surface area contributed by atoms with Crippen LogP contribution in [0.1, 0.15) is 20.8 Å². The van der Waals surface area contributed by atoms with E-state index < -0.39 is 11.7 Å². The Kier molecular flexibility index (Phi) is 6.82. The minimum atomic E-state index is -0.536. The molecule has 0 aromatic carbocycles. The standard InChI is InChI=1S/C14H24N2O4S3/c1-14(2,3)20-13(18)15-4-5-19-12(17)9-7-22-11-8-23-10(6-21)16(9)11/h9-11,21H,4-8H2,1-3H3,(H,15,18)/t9-,10+,11-/m0/s1. The Bertz CT molecular complexity index is 444. The summed E-state index contributed by atoms with van der Waals surface area (Å²) in [6.45, 7) is 5.79. The fourth-order valence-electron chi connectivity index (χ4n) is 2.43. The van der Waals surface area contributed by atoms with Gasteiger partial charge in [-0.1, -0.05) is 0 Å². The van der Waals surface area contributed by atoms with Gasteiger partial charge >= 0.3 is 12.1 Å². The minimum Gasteiger partial charge on any atom is -0.463 e. The van der Waals surface area contributed by atoms with Gasteiger partial charge in [-0.2, -0.15) is 12.6 Å². The lowest BCUT2D eigenvalue weighted by Crippen LogP contribution is -2.45. The van der Waals surface area contributed by atoms with Crippen molar-refractivity contribution in [2.24, 2.45) is 0 Å². The lowest BCUT2D eigenvalue weighted by Gasteiger charge is -2.26. The monoisotopic (exact) mass is 380 g/mol. The highest BCUT2D eigenvalue weighted by molar-refractivity contribution is 8.05. The average molecular weight is 381 g/mol. The predicted molar refractivity (Wildman–Crippen MR) is 97.2 cm³/mol. The Morgan fingerprint density at radius 1 is 1.30 bits per heavy atom. The Balaban J connectivity index is 1.70. The molecule has 2 heterocycles. The number of nitrogens with one attached hydrogen (secondary N) is 1. The van der Waals surface area contributed by atoms with Crippen molar-refractivity contribution in [3.05, 3.63) is 0 Å². The highest BCUT2D eigenvalue weighted by Crippen LogP contribution is 2.42. The van der Waals surface area contributed by atoms with Crippen LogP contribution in [0.4, 0.5) is 4.79 Å². The van der Waals surface area contributed by atoms with Crippen LogP contribution in [0.5, 0.6) is 0 Å². The lowest BCUT2D eigenvalue weighted by atomic mass is 10.2.